The third kappa shape index (κ3) is 2.23. The van der Waals surface area contributed by atoms with Gasteiger partial charge < -0.3 is 4.90 Å². The molecular weight excluding hydrogens is 292 g/mol. The lowest BCUT2D eigenvalue weighted by molar-refractivity contribution is -0.121. The van der Waals surface area contributed by atoms with Crippen LogP contribution in [0.25, 0.3) is 17.0 Å². The van der Waals surface area contributed by atoms with Crippen LogP contribution in [0, 0.1) is 5.41 Å². The fraction of sp³-hybridized carbons (Fsp3) is 0.235. The summed E-state index contributed by atoms with van der Waals surface area (Å²) in [6.45, 7) is 1.82. The van der Waals surface area contributed by atoms with E-state index in [0.29, 0.717) is 12.1 Å². The van der Waals surface area contributed by atoms with Gasteiger partial charge in [-0.1, -0.05) is 25.1 Å². The van der Waals surface area contributed by atoms with Gasteiger partial charge in [-0.25, -0.2) is 0 Å². The molecule has 2 heterocycles. The van der Waals surface area contributed by atoms with Gasteiger partial charge in [-0.3, -0.25) is 24.5 Å². The second-order valence-corrected chi connectivity index (χ2v) is 5.50. The van der Waals surface area contributed by atoms with E-state index in [-0.39, 0.29) is 17.8 Å². The normalized spacial score (nSPS) is 16.9. The SMILES string of the molecule is CCC(=O)n1cc(/C=C2\C(=O)N(C)C(=N)N2C)c2ccccc21. The molecule has 6 nitrogen and oxygen atoms in total. The predicted octanol–water partition coefficient (Wildman–Crippen LogP) is 2.37. The van der Waals surface area contributed by atoms with Crippen molar-refractivity contribution in [2.24, 2.45) is 0 Å². The zero-order chi connectivity index (χ0) is 16.7. The van der Waals surface area contributed by atoms with Crippen molar-refractivity contribution in [2.45, 2.75) is 13.3 Å². The third-order valence-electron chi connectivity index (χ3n) is 4.13. The molecule has 1 saturated heterocycles. The van der Waals surface area contributed by atoms with E-state index < -0.39 is 0 Å². The van der Waals surface area contributed by atoms with E-state index in [1.165, 1.54) is 9.80 Å². The highest BCUT2D eigenvalue weighted by Gasteiger charge is 2.33. The van der Waals surface area contributed by atoms with Crippen LogP contribution in [0.3, 0.4) is 0 Å². The fourth-order valence-electron chi connectivity index (χ4n) is 2.75. The van der Waals surface area contributed by atoms with Crippen molar-refractivity contribution in [2.75, 3.05) is 14.1 Å². The van der Waals surface area contributed by atoms with Gasteiger partial charge in [0.25, 0.3) is 5.91 Å². The Bertz CT molecular complexity index is 863. The number of carbonyl (C=O) groups is 2. The molecule has 0 spiro atoms. The maximum atomic E-state index is 12.3. The Morgan fingerprint density at radius 3 is 2.52 bits per heavy atom. The maximum Gasteiger partial charge on any atom is 0.277 e. The van der Waals surface area contributed by atoms with E-state index in [0.717, 1.165) is 16.5 Å². The molecule has 1 amide bonds. The van der Waals surface area contributed by atoms with E-state index in [1.54, 1.807) is 30.9 Å². The first-order valence-corrected chi connectivity index (χ1v) is 7.41. The number of carbonyl (C=O) groups excluding carboxylic acids is 2. The Kier molecular flexibility index (Phi) is 3.52. The first kappa shape index (κ1) is 15.0. The molecule has 1 aromatic carbocycles. The molecule has 0 atom stereocenters. The molecule has 1 fully saturated rings. The largest absolute Gasteiger partial charge is 0.311 e. The minimum Gasteiger partial charge on any atom is -0.311 e. The van der Waals surface area contributed by atoms with Gasteiger partial charge in [-0.15, -0.1) is 0 Å². The minimum absolute atomic E-state index is 0.00168. The van der Waals surface area contributed by atoms with Crippen molar-refractivity contribution in [3.63, 3.8) is 0 Å². The fourth-order valence-corrected chi connectivity index (χ4v) is 2.75. The number of guanidine groups is 1. The Morgan fingerprint density at radius 2 is 1.91 bits per heavy atom. The van der Waals surface area contributed by atoms with E-state index in [9.17, 15) is 9.59 Å². The first-order chi connectivity index (χ1) is 11.0. The summed E-state index contributed by atoms with van der Waals surface area (Å²) < 4.78 is 1.62. The second-order valence-electron chi connectivity index (χ2n) is 5.50. The van der Waals surface area contributed by atoms with Gasteiger partial charge in [0.2, 0.25) is 11.9 Å². The quantitative estimate of drug-likeness (QED) is 0.866. The summed E-state index contributed by atoms with van der Waals surface area (Å²) in [6.07, 6.45) is 3.90. The van der Waals surface area contributed by atoms with Gasteiger partial charge in [0.05, 0.1) is 5.52 Å². The molecule has 6 heteroatoms. The van der Waals surface area contributed by atoms with Gasteiger partial charge in [0.15, 0.2) is 0 Å². The molecule has 0 saturated carbocycles. The molecule has 0 bridgehead atoms. The highest BCUT2D eigenvalue weighted by molar-refractivity contribution is 6.15. The molecule has 0 aliphatic carbocycles. The Morgan fingerprint density at radius 1 is 1.22 bits per heavy atom. The summed E-state index contributed by atoms with van der Waals surface area (Å²) in [5.74, 6) is -0.0902. The summed E-state index contributed by atoms with van der Waals surface area (Å²) >= 11 is 0. The smallest absolute Gasteiger partial charge is 0.277 e. The van der Waals surface area contributed by atoms with E-state index >= 15 is 0 Å². The molecule has 1 aromatic heterocycles. The molecule has 1 N–H and O–H groups in total. The number of para-hydroxylation sites is 1. The van der Waals surface area contributed by atoms with Crippen LogP contribution in [0.1, 0.15) is 23.7 Å². The highest BCUT2D eigenvalue weighted by Crippen LogP contribution is 2.26. The zero-order valence-electron chi connectivity index (χ0n) is 13.3. The van der Waals surface area contributed by atoms with Crippen LogP contribution in [0.2, 0.25) is 0 Å². The van der Waals surface area contributed by atoms with Gasteiger partial charge in [-0.2, -0.15) is 0 Å². The van der Waals surface area contributed by atoms with Crippen molar-refractivity contribution in [1.82, 2.24) is 14.4 Å². The van der Waals surface area contributed by atoms with Gasteiger partial charge >= 0.3 is 0 Å². The Labute approximate surface area is 134 Å². The Balaban J connectivity index is 2.18. The summed E-state index contributed by atoms with van der Waals surface area (Å²) in [7, 11) is 3.26. The molecular formula is C17H18N4O2. The number of aromatic nitrogens is 1. The number of rotatable bonds is 2. The van der Waals surface area contributed by atoms with Crippen LogP contribution in [0.4, 0.5) is 0 Å². The predicted molar refractivity (Wildman–Crippen MR) is 89.1 cm³/mol. The molecule has 118 valence electrons. The maximum absolute atomic E-state index is 12.3. The summed E-state index contributed by atoms with van der Waals surface area (Å²) in [5, 5.41) is 8.79. The average molecular weight is 310 g/mol. The highest BCUT2D eigenvalue weighted by atomic mass is 16.2. The minimum atomic E-state index is -0.226. The van der Waals surface area contributed by atoms with E-state index in [4.69, 9.17) is 5.41 Å². The number of nitrogens with zero attached hydrogens (tertiary/aromatic N) is 3. The average Bonchev–Trinajstić information content (AvgIpc) is 3.02. The van der Waals surface area contributed by atoms with Gasteiger partial charge in [0.1, 0.15) is 5.70 Å². The van der Waals surface area contributed by atoms with Gasteiger partial charge in [-0.05, 0) is 12.1 Å². The number of fused-ring (bicyclic) bond motifs is 1. The van der Waals surface area contributed by atoms with Crippen molar-refractivity contribution in [1.29, 1.82) is 5.41 Å². The standard InChI is InChI=1S/C17H18N4O2/c1-4-15(22)21-10-11(12-7-5-6-8-13(12)21)9-14-16(23)20(3)17(18)19(14)2/h5-10,18H,4H2,1-3H3/b14-9+,18-17?. The van der Waals surface area contributed by atoms with Crippen molar-refractivity contribution >= 4 is 34.8 Å². The molecule has 1 aliphatic rings. The number of likely N-dealkylation sites (N-methyl/N-ethyl adjacent to an activating group) is 2. The number of nitrogens with one attached hydrogen (secondary N) is 1. The van der Waals surface area contributed by atoms with Crippen LogP contribution in [0.5, 0.6) is 0 Å². The van der Waals surface area contributed by atoms with E-state index in [1.807, 2.05) is 31.2 Å². The molecule has 2 aromatic rings. The Hall–Kier alpha value is -2.89. The summed E-state index contributed by atoms with van der Waals surface area (Å²) in [5.41, 5.74) is 2.03. The second kappa shape index (κ2) is 5.39. The van der Waals surface area contributed by atoms with Crippen molar-refractivity contribution in [3.8, 4) is 0 Å². The monoisotopic (exact) mass is 310 g/mol. The molecule has 0 unspecified atom stereocenters. The first-order valence-electron chi connectivity index (χ1n) is 7.41. The van der Waals surface area contributed by atoms with Gasteiger partial charge in [0, 0.05) is 37.7 Å². The number of hydrogen-bond acceptors (Lipinski definition) is 3. The lowest BCUT2D eigenvalue weighted by Gasteiger charge is -2.10. The van der Waals surface area contributed by atoms with Crippen LogP contribution in [0.15, 0.2) is 36.2 Å². The van der Waals surface area contributed by atoms with Crippen LogP contribution in [-0.2, 0) is 4.79 Å². The van der Waals surface area contributed by atoms with Crippen LogP contribution < -0.4 is 0 Å². The van der Waals surface area contributed by atoms with E-state index in [2.05, 4.69) is 0 Å². The molecule has 1 aliphatic heterocycles. The zero-order valence-corrected chi connectivity index (χ0v) is 13.3. The van der Waals surface area contributed by atoms with Crippen molar-refractivity contribution in [3.05, 3.63) is 41.7 Å². The summed E-state index contributed by atoms with van der Waals surface area (Å²) in [6, 6.07) is 7.60. The molecule has 23 heavy (non-hydrogen) atoms. The third-order valence-corrected chi connectivity index (χ3v) is 4.13. The number of amides is 1. The number of benzene rings is 1. The molecule has 0 radical (unpaired) electrons. The molecule has 3 rings (SSSR count). The lowest BCUT2D eigenvalue weighted by Crippen LogP contribution is -2.27. The summed E-state index contributed by atoms with van der Waals surface area (Å²) in [4.78, 5) is 27.2. The van der Waals surface area contributed by atoms with Crippen LogP contribution >= 0.6 is 0 Å². The lowest BCUT2D eigenvalue weighted by atomic mass is 10.1. The van der Waals surface area contributed by atoms with Crippen molar-refractivity contribution < 1.29 is 9.59 Å². The number of hydrogen-bond donors (Lipinski definition) is 1. The van der Waals surface area contributed by atoms with Crippen LogP contribution in [-0.4, -0.2) is 46.2 Å². The topological polar surface area (TPSA) is 69.4 Å².